The van der Waals surface area contributed by atoms with Crippen molar-refractivity contribution in [2.75, 3.05) is 36.4 Å². The Bertz CT molecular complexity index is 1550. The third-order valence-electron chi connectivity index (χ3n) is 6.02. The highest BCUT2D eigenvalue weighted by atomic mass is 16.1. The van der Waals surface area contributed by atoms with Gasteiger partial charge in [0.1, 0.15) is 11.2 Å². The molecule has 10 nitrogen and oxygen atoms in total. The van der Waals surface area contributed by atoms with E-state index in [-0.39, 0.29) is 5.56 Å². The number of aromatic nitrogens is 6. The van der Waals surface area contributed by atoms with E-state index < -0.39 is 0 Å². The summed E-state index contributed by atoms with van der Waals surface area (Å²) in [6, 6.07) is 19.0. The Kier molecular flexibility index (Phi) is 5.76. The van der Waals surface area contributed by atoms with Gasteiger partial charge in [-0.3, -0.25) is 9.78 Å². The molecule has 5 heterocycles. The molecule has 0 spiro atoms. The van der Waals surface area contributed by atoms with Crippen LogP contribution in [-0.2, 0) is 0 Å². The molecule has 1 aliphatic heterocycles. The third-order valence-corrected chi connectivity index (χ3v) is 6.02. The minimum atomic E-state index is -0.352. The molecule has 1 aromatic carbocycles. The number of anilines is 3. The molecule has 0 radical (unpaired) electrons. The van der Waals surface area contributed by atoms with Gasteiger partial charge in [-0.2, -0.15) is 9.78 Å². The molecule has 178 valence electrons. The minimum Gasteiger partial charge on any atom is -0.369 e. The zero-order chi connectivity index (χ0) is 24.3. The average molecular weight is 478 g/mol. The number of rotatable bonds is 5. The largest absolute Gasteiger partial charge is 0.369 e. The highest BCUT2D eigenvalue weighted by Crippen LogP contribution is 2.24. The fraction of sp³-hybridized carbons (Fsp3) is 0.154. The van der Waals surface area contributed by atoms with E-state index in [1.807, 2.05) is 30.3 Å². The van der Waals surface area contributed by atoms with Crippen molar-refractivity contribution < 1.29 is 0 Å². The van der Waals surface area contributed by atoms with Gasteiger partial charge < -0.3 is 15.5 Å². The van der Waals surface area contributed by atoms with Crippen LogP contribution >= 0.6 is 0 Å². The summed E-state index contributed by atoms with van der Waals surface area (Å²) >= 11 is 0. The van der Waals surface area contributed by atoms with Crippen LogP contribution in [0.5, 0.6) is 0 Å². The minimum absolute atomic E-state index is 0.330. The molecule has 1 saturated heterocycles. The lowest BCUT2D eigenvalue weighted by molar-refractivity contribution is 0.589. The molecule has 1 fully saturated rings. The number of hydrogen-bond donors (Lipinski definition) is 2. The monoisotopic (exact) mass is 477 g/mol. The van der Waals surface area contributed by atoms with Crippen LogP contribution in [0.4, 0.5) is 17.3 Å². The van der Waals surface area contributed by atoms with Crippen LogP contribution in [-0.4, -0.2) is 55.9 Å². The first kappa shape index (κ1) is 21.8. The van der Waals surface area contributed by atoms with Gasteiger partial charge in [-0.05, 0) is 48.5 Å². The maximum atomic E-state index is 13.3. The van der Waals surface area contributed by atoms with Crippen molar-refractivity contribution in [3.05, 3.63) is 89.6 Å². The van der Waals surface area contributed by atoms with Gasteiger partial charge in [0.25, 0.3) is 5.56 Å². The highest BCUT2D eigenvalue weighted by Gasteiger charge is 2.18. The van der Waals surface area contributed by atoms with Gasteiger partial charge in [0, 0.05) is 56.1 Å². The Morgan fingerprint density at radius 2 is 1.64 bits per heavy atom. The number of piperazine rings is 1. The summed E-state index contributed by atoms with van der Waals surface area (Å²) in [7, 11) is 0. The zero-order valence-electron chi connectivity index (χ0n) is 19.4. The first-order valence-electron chi connectivity index (χ1n) is 11.7. The summed E-state index contributed by atoms with van der Waals surface area (Å²) in [5, 5.41) is 11.5. The van der Waals surface area contributed by atoms with Crippen molar-refractivity contribution in [2.45, 2.75) is 0 Å². The molecule has 1 aliphatic rings. The topological polar surface area (TPSA) is 114 Å². The van der Waals surface area contributed by atoms with Gasteiger partial charge >= 0.3 is 0 Å². The standard InChI is InChI=1S/C26H23N9O/c36-25-20-17-30-26(31-18-7-9-19(10-8-18)34-15-13-27-14-16-34)32-23(20)24(21-5-1-3-11-28-21)33-35(25)22-6-2-4-12-29-22/h1-12,17,27H,13-16H2,(H,30,31,32). The van der Waals surface area contributed by atoms with E-state index in [4.69, 9.17) is 0 Å². The number of fused-ring (bicyclic) bond motifs is 1. The van der Waals surface area contributed by atoms with Crippen LogP contribution in [0.1, 0.15) is 0 Å². The molecule has 36 heavy (non-hydrogen) atoms. The Morgan fingerprint density at radius 3 is 2.36 bits per heavy atom. The van der Waals surface area contributed by atoms with E-state index in [1.54, 1.807) is 30.6 Å². The molecule has 0 aliphatic carbocycles. The predicted octanol–water partition coefficient (Wildman–Crippen LogP) is 2.79. The first-order chi connectivity index (χ1) is 17.8. The van der Waals surface area contributed by atoms with Crippen LogP contribution in [0.2, 0.25) is 0 Å². The number of hydrogen-bond acceptors (Lipinski definition) is 9. The van der Waals surface area contributed by atoms with Gasteiger partial charge in [-0.15, -0.1) is 0 Å². The molecule has 0 bridgehead atoms. The predicted molar refractivity (Wildman–Crippen MR) is 139 cm³/mol. The van der Waals surface area contributed by atoms with E-state index >= 15 is 0 Å². The Labute approximate surface area is 206 Å². The second kappa shape index (κ2) is 9.51. The normalized spacial score (nSPS) is 13.6. The molecular weight excluding hydrogens is 454 g/mol. The average Bonchev–Trinajstić information content (AvgIpc) is 2.95. The molecule has 0 amide bonds. The Hall–Kier alpha value is -4.70. The van der Waals surface area contributed by atoms with Gasteiger partial charge in [0.2, 0.25) is 5.95 Å². The summed E-state index contributed by atoms with van der Waals surface area (Å²) in [6.45, 7) is 3.94. The van der Waals surface area contributed by atoms with Crippen molar-refractivity contribution >= 4 is 28.2 Å². The van der Waals surface area contributed by atoms with E-state index in [1.165, 1.54) is 16.6 Å². The number of nitrogens with zero attached hydrogens (tertiary/aromatic N) is 7. The molecule has 0 atom stereocenters. The van der Waals surface area contributed by atoms with Crippen LogP contribution in [0.3, 0.4) is 0 Å². The molecule has 4 aromatic heterocycles. The van der Waals surface area contributed by atoms with E-state index in [0.717, 1.165) is 31.9 Å². The van der Waals surface area contributed by atoms with Crippen molar-refractivity contribution in [3.8, 4) is 17.2 Å². The molecule has 5 aromatic rings. The van der Waals surface area contributed by atoms with Crippen LogP contribution in [0.15, 0.2) is 84.0 Å². The fourth-order valence-corrected chi connectivity index (χ4v) is 4.20. The quantitative estimate of drug-likeness (QED) is 0.394. The Balaban J connectivity index is 1.39. The van der Waals surface area contributed by atoms with Crippen LogP contribution in [0, 0.1) is 0 Å². The molecule has 6 rings (SSSR count). The first-order valence-corrected chi connectivity index (χ1v) is 11.7. The number of pyridine rings is 2. The second-order valence-corrected chi connectivity index (χ2v) is 8.33. The van der Waals surface area contributed by atoms with E-state index in [9.17, 15) is 4.79 Å². The molecule has 2 N–H and O–H groups in total. The van der Waals surface area contributed by atoms with Crippen LogP contribution < -0.4 is 21.1 Å². The Morgan fingerprint density at radius 1 is 0.861 bits per heavy atom. The zero-order valence-corrected chi connectivity index (χ0v) is 19.4. The smallest absolute Gasteiger partial charge is 0.284 e. The second-order valence-electron chi connectivity index (χ2n) is 8.33. The van der Waals surface area contributed by atoms with Gasteiger partial charge in [-0.25, -0.2) is 15.0 Å². The van der Waals surface area contributed by atoms with E-state index in [2.05, 4.69) is 52.7 Å². The van der Waals surface area contributed by atoms with Crippen molar-refractivity contribution in [3.63, 3.8) is 0 Å². The maximum Gasteiger partial charge on any atom is 0.284 e. The molecule has 10 heteroatoms. The van der Waals surface area contributed by atoms with Gasteiger partial charge in [0.05, 0.1) is 11.1 Å². The number of benzene rings is 1. The third kappa shape index (κ3) is 4.25. The van der Waals surface area contributed by atoms with Crippen molar-refractivity contribution in [1.82, 2.24) is 35.0 Å². The molecule has 0 saturated carbocycles. The van der Waals surface area contributed by atoms with Crippen LogP contribution in [0.25, 0.3) is 28.1 Å². The summed E-state index contributed by atoms with van der Waals surface area (Å²) in [5.41, 5.74) is 3.16. The summed E-state index contributed by atoms with van der Waals surface area (Å²) in [6.07, 6.45) is 4.82. The number of nitrogens with one attached hydrogen (secondary N) is 2. The maximum absolute atomic E-state index is 13.3. The van der Waals surface area contributed by atoms with Crippen molar-refractivity contribution in [1.29, 1.82) is 0 Å². The van der Waals surface area contributed by atoms with Gasteiger partial charge in [-0.1, -0.05) is 12.1 Å². The molecular formula is C26H23N9O. The SMILES string of the molecule is O=c1c2cnc(Nc3ccc(N4CCNCC4)cc3)nc2c(-c2ccccn2)nn1-c1ccccn1. The lowest BCUT2D eigenvalue weighted by atomic mass is 10.2. The van der Waals surface area contributed by atoms with Gasteiger partial charge in [0.15, 0.2) is 5.82 Å². The van der Waals surface area contributed by atoms with Crippen molar-refractivity contribution in [2.24, 2.45) is 0 Å². The summed E-state index contributed by atoms with van der Waals surface area (Å²) < 4.78 is 1.26. The lowest BCUT2D eigenvalue weighted by Crippen LogP contribution is -2.43. The lowest BCUT2D eigenvalue weighted by Gasteiger charge is -2.29. The summed E-state index contributed by atoms with van der Waals surface area (Å²) in [4.78, 5) is 33.5. The highest BCUT2D eigenvalue weighted by molar-refractivity contribution is 5.90. The molecule has 0 unspecified atom stereocenters. The fourth-order valence-electron chi connectivity index (χ4n) is 4.20. The summed E-state index contributed by atoms with van der Waals surface area (Å²) in [5.74, 6) is 0.778. The van der Waals surface area contributed by atoms with E-state index in [0.29, 0.717) is 34.1 Å².